The molecule has 0 saturated heterocycles. The number of anilines is 1. The first-order valence-electron chi connectivity index (χ1n) is 4.27. The van der Waals surface area contributed by atoms with Crippen LogP contribution < -0.4 is 5.73 Å². The van der Waals surface area contributed by atoms with E-state index in [1.165, 1.54) is 12.7 Å². The van der Waals surface area contributed by atoms with Crippen molar-refractivity contribution in [3.63, 3.8) is 0 Å². The molecule has 0 aliphatic heterocycles. The van der Waals surface area contributed by atoms with E-state index in [9.17, 15) is 0 Å². The molecule has 0 aliphatic rings. The molecule has 0 saturated carbocycles. The van der Waals surface area contributed by atoms with Crippen molar-refractivity contribution in [3.05, 3.63) is 24.5 Å². The minimum Gasteiger partial charge on any atom is -0.383 e. The van der Waals surface area contributed by atoms with Crippen LogP contribution in [0.4, 0.5) is 5.82 Å². The van der Waals surface area contributed by atoms with Crippen molar-refractivity contribution in [2.45, 2.75) is 13.3 Å². The fraction of sp³-hybridized carbons (Fsp3) is 0.250. The second-order valence-corrected chi connectivity index (χ2v) is 2.75. The van der Waals surface area contributed by atoms with Crippen LogP contribution in [0.2, 0.25) is 0 Å². The van der Waals surface area contributed by atoms with Gasteiger partial charge in [-0.25, -0.2) is 19.6 Å². The number of hydrogen-bond donors (Lipinski definition) is 1. The van der Waals surface area contributed by atoms with E-state index >= 15 is 0 Å². The largest absolute Gasteiger partial charge is 0.383 e. The highest BCUT2D eigenvalue weighted by Gasteiger charge is 2.08. The second kappa shape index (κ2) is 3.41. The van der Waals surface area contributed by atoms with E-state index in [-0.39, 0.29) is 0 Å². The van der Waals surface area contributed by atoms with E-state index in [2.05, 4.69) is 20.1 Å². The van der Waals surface area contributed by atoms with Gasteiger partial charge >= 0.3 is 0 Å². The van der Waals surface area contributed by atoms with Crippen LogP contribution in [0.1, 0.15) is 12.5 Å². The molecule has 6 nitrogen and oxygen atoms in total. The van der Waals surface area contributed by atoms with Gasteiger partial charge in [-0.3, -0.25) is 0 Å². The normalized spacial score (nSPS) is 10.4. The molecule has 0 radical (unpaired) electrons. The van der Waals surface area contributed by atoms with Gasteiger partial charge in [-0.2, -0.15) is 5.10 Å². The van der Waals surface area contributed by atoms with Crippen LogP contribution >= 0.6 is 0 Å². The molecule has 0 fully saturated rings. The number of nitrogens with zero attached hydrogens (tertiary/aromatic N) is 5. The highest BCUT2D eigenvalue weighted by Crippen LogP contribution is 2.15. The SMILES string of the molecule is CCc1c(N)ncnc1-n1cncn1. The molecule has 2 heterocycles. The quantitative estimate of drug-likeness (QED) is 0.731. The number of aromatic nitrogens is 5. The van der Waals surface area contributed by atoms with Crippen LogP contribution in [0.3, 0.4) is 0 Å². The van der Waals surface area contributed by atoms with Gasteiger partial charge in [0.15, 0.2) is 5.82 Å². The smallest absolute Gasteiger partial charge is 0.163 e. The van der Waals surface area contributed by atoms with Gasteiger partial charge < -0.3 is 5.73 Å². The maximum Gasteiger partial charge on any atom is 0.163 e. The Hall–Kier alpha value is -1.98. The Kier molecular flexibility index (Phi) is 2.10. The van der Waals surface area contributed by atoms with E-state index in [0.29, 0.717) is 11.6 Å². The summed E-state index contributed by atoms with van der Waals surface area (Å²) >= 11 is 0. The number of nitrogen functional groups attached to an aromatic ring is 1. The molecule has 72 valence electrons. The van der Waals surface area contributed by atoms with Gasteiger partial charge in [0.1, 0.15) is 24.8 Å². The molecule has 14 heavy (non-hydrogen) atoms. The third-order valence-corrected chi connectivity index (χ3v) is 1.95. The summed E-state index contributed by atoms with van der Waals surface area (Å²) in [5.41, 5.74) is 6.61. The standard InChI is InChI=1S/C8H10N6/c1-2-6-7(9)11-4-12-8(6)14-5-10-3-13-14/h3-5H,2H2,1H3,(H2,9,11,12). The average molecular weight is 190 g/mol. The van der Waals surface area contributed by atoms with Gasteiger partial charge in [-0.1, -0.05) is 6.92 Å². The van der Waals surface area contributed by atoms with Crippen molar-refractivity contribution in [1.29, 1.82) is 0 Å². The molecular weight excluding hydrogens is 180 g/mol. The Bertz CT molecular complexity index is 421. The average Bonchev–Trinajstić information content (AvgIpc) is 2.70. The lowest BCUT2D eigenvalue weighted by Gasteiger charge is -2.06. The van der Waals surface area contributed by atoms with Crippen LogP contribution in [0, 0.1) is 0 Å². The highest BCUT2D eigenvalue weighted by atomic mass is 15.3. The molecular formula is C8H10N6. The number of rotatable bonds is 2. The third kappa shape index (κ3) is 1.30. The molecule has 2 N–H and O–H groups in total. The summed E-state index contributed by atoms with van der Waals surface area (Å²) in [5, 5.41) is 4.00. The second-order valence-electron chi connectivity index (χ2n) is 2.75. The molecule has 0 aliphatic carbocycles. The predicted octanol–water partition coefficient (Wildman–Crippen LogP) is 0.202. The topological polar surface area (TPSA) is 82.5 Å². The van der Waals surface area contributed by atoms with Gasteiger partial charge in [0.25, 0.3) is 0 Å². The van der Waals surface area contributed by atoms with Gasteiger partial charge in [-0.05, 0) is 6.42 Å². The van der Waals surface area contributed by atoms with Gasteiger partial charge in [0, 0.05) is 5.56 Å². The molecule has 2 aromatic heterocycles. The summed E-state index contributed by atoms with van der Waals surface area (Å²) in [4.78, 5) is 11.9. The Morgan fingerprint density at radius 3 is 2.86 bits per heavy atom. The Balaban J connectivity index is 2.58. The summed E-state index contributed by atoms with van der Waals surface area (Å²) < 4.78 is 1.58. The maximum atomic E-state index is 5.73. The van der Waals surface area contributed by atoms with Crippen molar-refractivity contribution < 1.29 is 0 Å². The fourth-order valence-corrected chi connectivity index (χ4v) is 1.27. The van der Waals surface area contributed by atoms with Crippen LogP contribution in [-0.4, -0.2) is 24.7 Å². The molecule has 0 spiro atoms. The zero-order chi connectivity index (χ0) is 9.97. The molecule has 0 bridgehead atoms. The zero-order valence-corrected chi connectivity index (χ0v) is 7.75. The molecule has 0 unspecified atom stereocenters. The number of hydrogen-bond acceptors (Lipinski definition) is 5. The van der Waals surface area contributed by atoms with Crippen molar-refractivity contribution in [1.82, 2.24) is 24.7 Å². The molecule has 0 aromatic carbocycles. The Morgan fingerprint density at radius 1 is 1.36 bits per heavy atom. The minimum atomic E-state index is 0.494. The van der Waals surface area contributed by atoms with Crippen LogP contribution in [0.15, 0.2) is 19.0 Å². The Morgan fingerprint density at radius 2 is 2.21 bits per heavy atom. The summed E-state index contributed by atoms with van der Waals surface area (Å²) in [6, 6.07) is 0. The number of nitrogens with two attached hydrogens (primary N) is 1. The van der Waals surface area contributed by atoms with Gasteiger partial charge in [0.05, 0.1) is 0 Å². The lowest BCUT2D eigenvalue weighted by Crippen LogP contribution is -2.07. The molecule has 0 amide bonds. The van der Waals surface area contributed by atoms with Crippen LogP contribution in [-0.2, 0) is 6.42 Å². The third-order valence-electron chi connectivity index (χ3n) is 1.95. The summed E-state index contributed by atoms with van der Waals surface area (Å²) in [6.07, 6.45) is 5.23. The van der Waals surface area contributed by atoms with Gasteiger partial charge in [0.2, 0.25) is 0 Å². The van der Waals surface area contributed by atoms with E-state index in [1.54, 1.807) is 11.0 Å². The van der Waals surface area contributed by atoms with Gasteiger partial charge in [-0.15, -0.1) is 0 Å². The first-order chi connectivity index (χ1) is 6.83. The fourth-order valence-electron chi connectivity index (χ4n) is 1.27. The summed E-state index contributed by atoms with van der Waals surface area (Å²) in [5.74, 6) is 1.19. The lowest BCUT2D eigenvalue weighted by atomic mass is 10.2. The van der Waals surface area contributed by atoms with Crippen molar-refractivity contribution in [2.24, 2.45) is 0 Å². The van der Waals surface area contributed by atoms with Crippen LogP contribution in [0.5, 0.6) is 0 Å². The summed E-state index contributed by atoms with van der Waals surface area (Å²) in [6.45, 7) is 2.00. The van der Waals surface area contributed by atoms with Crippen molar-refractivity contribution in [3.8, 4) is 5.82 Å². The van der Waals surface area contributed by atoms with Crippen molar-refractivity contribution in [2.75, 3.05) is 5.73 Å². The van der Waals surface area contributed by atoms with Crippen LogP contribution in [0.25, 0.3) is 5.82 Å². The van der Waals surface area contributed by atoms with E-state index < -0.39 is 0 Å². The molecule has 0 atom stereocenters. The highest BCUT2D eigenvalue weighted by molar-refractivity contribution is 5.47. The predicted molar refractivity (Wildman–Crippen MR) is 50.7 cm³/mol. The monoisotopic (exact) mass is 190 g/mol. The summed E-state index contributed by atoms with van der Waals surface area (Å²) in [7, 11) is 0. The van der Waals surface area contributed by atoms with Crippen molar-refractivity contribution >= 4 is 5.82 Å². The zero-order valence-electron chi connectivity index (χ0n) is 7.75. The first-order valence-corrected chi connectivity index (χ1v) is 4.27. The molecule has 2 rings (SSSR count). The molecule has 2 aromatic rings. The first kappa shape index (κ1) is 8.61. The maximum absolute atomic E-state index is 5.73. The molecule has 6 heteroatoms. The lowest BCUT2D eigenvalue weighted by molar-refractivity contribution is 0.818. The van der Waals surface area contributed by atoms with E-state index in [4.69, 9.17) is 5.73 Å². The van der Waals surface area contributed by atoms with E-state index in [0.717, 1.165) is 12.0 Å². The van der Waals surface area contributed by atoms with E-state index in [1.807, 2.05) is 6.92 Å². The Labute approximate surface area is 80.8 Å². The minimum absolute atomic E-state index is 0.494.